The smallest absolute Gasteiger partial charge is 0.129 e. The number of nitrogens with one attached hydrogen (secondary N) is 1. The minimum Gasteiger partial charge on any atom is -0.380 e. The van der Waals surface area contributed by atoms with Crippen LogP contribution in [-0.4, -0.2) is 9.97 Å². The Labute approximate surface area is 122 Å². The van der Waals surface area contributed by atoms with Crippen molar-refractivity contribution in [2.45, 2.75) is 13.5 Å². The highest BCUT2D eigenvalue weighted by atomic mass is 35.5. The number of benzene rings is 1. The van der Waals surface area contributed by atoms with E-state index in [2.05, 4.69) is 33.5 Å². The molecule has 100 valence electrons. The third-order valence-corrected chi connectivity index (χ3v) is 3.41. The van der Waals surface area contributed by atoms with Gasteiger partial charge in [0, 0.05) is 18.1 Å². The fourth-order valence-electron chi connectivity index (χ4n) is 2.15. The van der Waals surface area contributed by atoms with Crippen molar-refractivity contribution in [3.8, 4) is 0 Å². The molecular weight excluding hydrogens is 270 g/mol. The third kappa shape index (κ3) is 2.73. The van der Waals surface area contributed by atoms with Crippen molar-refractivity contribution >= 4 is 28.2 Å². The molecule has 0 unspecified atom stereocenters. The van der Waals surface area contributed by atoms with Crippen LogP contribution in [0, 0.1) is 6.92 Å². The van der Waals surface area contributed by atoms with E-state index in [1.807, 2.05) is 31.3 Å². The highest BCUT2D eigenvalue weighted by molar-refractivity contribution is 6.29. The summed E-state index contributed by atoms with van der Waals surface area (Å²) in [5.41, 5.74) is 4.13. The van der Waals surface area contributed by atoms with Crippen LogP contribution in [0.5, 0.6) is 0 Å². The monoisotopic (exact) mass is 283 g/mol. The molecule has 2 heterocycles. The summed E-state index contributed by atoms with van der Waals surface area (Å²) in [6.07, 6.45) is 1.81. The lowest BCUT2D eigenvalue weighted by Gasteiger charge is -2.09. The van der Waals surface area contributed by atoms with Gasteiger partial charge in [0.05, 0.1) is 16.9 Å². The SMILES string of the molecule is Cc1nc(Cl)ccc1NCc1ccc2ncccc2c1. The van der Waals surface area contributed by atoms with Gasteiger partial charge in [0.1, 0.15) is 5.15 Å². The van der Waals surface area contributed by atoms with Gasteiger partial charge in [0.15, 0.2) is 0 Å². The first kappa shape index (κ1) is 12.9. The quantitative estimate of drug-likeness (QED) is 0.732. The van der Waals surface area contributed by atoms with Crippen LogP contribution in [0.25, 0.3) is 10.9 Å². The zero-order valence-corrected chi connectivity index (χ0v) is 11.9. The lowest BCUT2D eigenvalue weighted by molar-refractivity contribution is 1.11. The number of aromatic nitrogens is 2. The molecule has 0 aliphatic heterocycles. The van der Waals surface area contributed by atoms with E-state index < -0.39 is 0 Å². The van der Waals surface area contributed by atoms with E-state index in [9.17, 15) is 0 Å². The van der Waals surface area contributed by atoms with E-state index in [1.54, 1.807) is 6.07 Å². The second kappa shape index (κ2) is 5.47. The lowest BCUT2D eigenvalue weighted by Crippen LogP contribution is -2.02. The molecule has 1 N–H and O–H groups in total. The number of pyridine rings is 2. The Morgan fingerprint density at radius 1 is 1.15 bits per heavy atom. The topological polar surface area (TPSA) is 37.8 Å². The van der Waals surface area contributed by atoms with Crippen molar-refractivity contribution in [1.82, 2.24) is 9.97 Å². The minimum atomic E-state index is 0.518. The molecule has 0 aliphatic rings. The number of halogens is 1. The van der Waals surface area contributed by atoms with Gasteiger partial charge in [-0.05, 0) is 42.8 Å². The molecular formula is C16H14ClN3. The fourth-order valence-corrected chi connectivity index (χ4v) is 2.34. The summed E-state index contributed by atoms with van der Waals surface area (Å²) in [7, 11) is 0. The zero-order valence-electron chi connectivity index (χ0n) is 11.1. The van der Waals surface area contributed by atoms with Crippen LogP contribution in [0.3, 0.4) is 0 Å². The highest BCUT2D eigenvalue weighted by Crippen LogP contribution is 2.18. The number of fused-ring (bicyclic) bond motifs is 1. The largest absolute Gasteiger partial charge is 0.380 e. The van der Waals surface area contributed by atoms with Crippen molar-refractivity contribution < 1.29 is 0 Å². The molecule has 0 radical (unpaired) electrons. The summed E-state index contributed by atoms with van der Waals surface area (Å²) >= 11 is 5.85. The maximum absolute atomic E-state index is 5.85. The fraction of sp³-hybridized carbons (Fsp3) is 0.125. The highest BCUT2D eigenvalue weighted by Gasteiger charge is 2.01. The summed E-state index contributed by atoms with van der Waals surface area (Å²) in [5, 5.41) is 5.05. The molecule has 0 bridgehead atoms. The first-order valence-corrected chi connectivity index (χ1v) is 6.81. The molecule has 0 fully saturated rings. The second-order valence-electron chi connectivity index (χ2n) is 4.65. The molecule has 3 aromatic rings. The normalized spacial score (nSPS) is 10.7. The van der Waals surface area contributed by atoms with Gasteiger partial charge in [-0.2, -0.15) is 0 Å². The number of nitrogens with zero attached hydrogens (tertiary/aromatic N) is 2. The van der Waals surface area contributed by atoms with Gasteiger partial charge < -0.3 is 5.32 Å². The van der Waals surface area contributed by atoms with Crippen LogP contribution >= 0.6 is 11.6 Å². The van der Waals surface area contributed by atoms with Crippen molar-refractivity contribution in [2.75, 3.05) is 5.32 Å². The van der Waals surface area contributed by atoms with Gasteiger partial charge in [-0.25, -0.2) is 4.98 Å². The summed E-state index contributed by atoms with van der Waals surface area (Å²) < 4.78 is 0. The van der Waals surface area contributed by atoms with Crippen LogP contribution in [0.2, 0.25) is 5.15 Å². The van der Waals surface area contributed by atoms with Crippen LogP contribution in [0.15, 0.2) is 48.7 Å². The molecule has 2 aromatic heterocycles. The molecule has 1 aromatic carbocycles. The number of rotatable bonds is 3. The van der Waals surface area contributed by atoms with E-state index in [4.69, 9.17) is 11.6 Å². The van der Waals surface area contributed by atoms with E-state index in [-0.39, 0.29) is 0 Å². The molecule has 4 heteroatoms. The van der Waals surface area contributed by atoms with Crippen molar-refractivity contribution in [2.24, 2.45) is 0 Å². The van der Waals surface area contributed by atoms with Crippen LogP contribution < -0.4 is 5.32 Å². The van der Waals surface area contributed by atoms with Crippen LogP contribution in [0.4, 0.5) is 5.69 Å². The Morgan fingerprint density at radius 3 is 2.90 bits per heavy atom. The number of hydrogen-bond donors (Lipinski definition) is 1. The zero-order chi connectivity index (χ0) is 13.9. The van der Waals surface area contributed by atoms with Gasteiger partial charge in [-0.1, -0.05) is 23.7 Å². The Balaban J connectivity index is 1.79. The summed E-state index contributed by atoms with van der Waals surface area (Å²) in [5.74, 6) is 0. The molecule has 0 amide bonds. The van der Waals surface area contributed by atoms with E-state index in [1.165, 1.54) is 5.56 Å². The van der Waals surface area contributed by atoms with Crippen molar-refractivity contribution in [3.05, 3.63) is 65.1 Å². The van der Waals surface area contributed by atoms with E-state index in [0.717, 1.165) is 28.8 Å². The standard InChI is InChI=1S/C16H14ClN3/c1-11-14(6-7-16(17)20-11)19-10-12-4-5-15-13(9-12)3-2-8-18-15/h2-9,19H,10H2,1H3. The molecule has 3 nitrogen and oxygen atoms in total. The summed E-state index contributed by atoms with van der Waals surface area (Å²) in [6, 6.07) is 14.0. The molecule has 0 atom stereocenters. The number of aryl methyl sites for hydroxylation is 1. The minimum absolute atomic E-state index is 0.518. The number of hydrogen-bond acceptors (Lipinski definition) is 3. The lowest BCUT2D eigenvalue weighted by atomic mass is 10.1. The van der Waals surface area contributed by atoms with Crippen LogP contribution in [-0.2, 0) is 6.54 Å². The molecule has 20 heavy (non-hydrogen) atoms. The Hall–Kier alpha value is -2.13. The Bertz CT molecular complexity index is 756. The van der Waals surface area contributed by atoms with Gasteiger partial charge in [0.25, 0.3) is 0 Å². The first-order valence-electron chi connectivity index (χ1n) is 6.43. The first-order chi connectivity index (χ1) is 9.72. The average Bonchev–Trinajstić information content (AvgIpc) is 2.46. The van der Waals surface area contributed by atoms with Gasteiger partial charge in [0.2, 0.25) is 0 Å². The van der Waals surface area contributed by atoms with Crippen molar-refractivity contribution in [3.63, 3.8) is 0 Å². The predicted molar refractivity (Wildman–Crippen MR) is 83.1 cm³/mol. The maximum atomic E-state index is 5.85. The van der Waals surface area contributed by atoms with E-state index >= 15 is 0 Å². The molecule has 0 aliphatic carbocycles. The van der Waals surface area contributed by atoms with E-state index in [0.29, 0.717) is 5.15 Å². The average molecular weight is 284 g/mol. The number of anilines is 1. The van der Waals surface area contributed by atoms with Gasteiger partial charge in [-0.15, -0.1) is 0 Å². The maximum Gasteiger partial charge on any atom is 0.129 e. The van der Waals surface area contributed by atoms with Gasteiger partial charge >= 0.3 is 0 Å². The predicted octanol–water partition coefficient (Wildman–Crippen LogP) is 4.20. The molecule has 0 saturated carbocycles. The molecule has 3 rings (SSSR count). The summed E-state index contributed by atoms with van der Waals surface area (Å²) in [4.78, 5) is 8.55. The molecule has 0 spiro atoms. The van der Waals surface area contributed by atoms with Gasteiger partial charge in [-0.3, -0.25) is 4.98 Å². The second-order valence-corrected chi connectivity index (χ2v) is 5.04. The third-order valence-electron chi connectivity index (χ3n) is 3.20. The Morgan fingerprint density at radius 2 is 2.05 bits per heavy atom. The van der Waals surface area contributed by atoms with Crippen molar-refractivity contribution in [1.29, 1.82) is 0 Å². The summed E-state index contributed by atoms with van der Waals surface area (Å²) in [6.45, 7) is 2.69. The van der Waals surface area contributed by atoms with Crippen LogP contribution in [0.1, 0.15) is 11.3 Å². The Kier molecular flexibility index (Phi) is 3.52. The molecule has 0 saturated heterocycles.